The zero-order valence-electron chi connectivity index (χ0n) is 27.4. The Labute approximate surface area is 257 Å². The topological polar surface area (TPSA) is 93.9 Å². The molecule has 0 saturated carbocycles. The van der Waals surface area contributed by atoms with Crippen LogP contribution in [0.1, 0.15) is 149 Å². The fourth-order valence-electron chi connectivity index (χ4n) is 5.16. The Morgan fingerprint density at radius 2 is 1.24 bits per heavy atom. The number of nitrogen functional groups attached to an aromatic ring is 1. The summed E-state index contributed by atoms with van der Waals surface area (Å²) in [6.45, 7) is 15.7. The average molecular weight is 584 g/mol. The van der Waals surface area contributed by atoms with Gasteiger partial charge in [0.1, 0.15) is 5.75 Å². The van der Waals surface area contributed by atoms with E-state index in [0.717, 1.165) is 29.1 Å². The highest BCUT2D eigenvalue weighted by Crippen LogP contribution is 2.42. The minimum atomic E-state index is -0.0527. The molecule has 0 fully saturated rings. The van der Waals surface area contributed by atoms with Crippen LogP contribution in [0.5, 0.6) is 5.75 Å². The van der Waals surface area contributed by atoms with E-state index in [0.29, 0.717) is 17.1 Å². The largest absolute Gasteiger partial charge is 0.505 e. The minimum Gasteiger partial charge on any atom is -0.505 e. The second-order valence-electron chi connectivity index (χ2n) is 13.0. The second kappa shape index (κ2) is 19.2. The van der Waals surface area contributed by atoms with Gasteiger partial charge in [0.2, 0.25) is 0 Å². The number of anilines is 1. The van der Waals surface area contributed by atoms with E-state index in [1.807, 2.05) is 12.1 Å². The number of nitrogens with two attached hydrogens (primary N) is 1. The van der Waals surface area contributed by atoms with Crippen LogP contribution in [-0.2, 0) is 10.8 Å². The number of phenols is 1. The number of unbranched alkanes of at least 4 members (excludes halogenated alkanes) is 9. The molecule has 0 bridgehead atoms. The van der Waals surface area contributed by atoms with Gasteiger partial charge < -0.3 is 10.8 Å². The van der Waals surface area contributed by atoms with Gasteiger partial charge in [-0.15, -0.1) is 11.8 Å². The summed E-state index contributed by atoms with van der Waals surface area (Å²) in [6.07, 6.45) is 23.0. The number of allylic oxidation sites excluding steroid dienone is 3. The predicted molar refractivity (Wildman–Crippen MR) is 185 cm³/mol. The van der Waals surface area contributed by atoms with Crippen LogP contribution >= 0.6 is 11.8 Å². The zero-order chi connectivity index (χ0) is 30.9. The molecule has 1 aliphatic rings. The molecule has 1 aliphatic carbocycles. The first-order valence-electron chi connectivity index (χ1n) is 16.2. The lowest BCUT2D eigenvalue weighted by molar-refractivity contribution is 0.404. The summed E-state index contributed by atoms with van der Waals surface area (Å²) >= 11 is 1.80. The van der Waals surface area contributed by atoms with Crippen molar-refractivity contribution in [2.24, 2.45) is 0 Å². The van der Waals surface area contributed by atoms with Gasteiger partial charge in [0.15, 0.2) is 0 Å². The minimum absolute atomic E-state index is 0.0527. The Morgan fingerprint density at radius 3 is 1.83 bits per heavy atom. The first kappa shape index (κ1) is 37.0. The molecule has 41 heavy (non-hydrogen) atoms. The van der Waals surface area contributed by atoms with Crippen molar-refractivity contribution in [2.75, 3.05) is 11.5 Å². The summed E-state index contributed by atoms with van der Waals surface area (Å²) in [5, 5.41) is 25.5. The van der Waals surface area contributed by atoms with Crippen LogP contribution in [0.3, 0.4) is 0 Å². The van der Waals surface area contributed by atoms with E-state index in [2.05, 4.69) is 54.5 Å². The molecule has 0 heterocycles. The maximum Gasteiger partial charge on any atom is 0.142 e. The monoisotopic (exact) mass is 583 g/mol. The smallest absolute Gasteiger partial charge is 0.142 e. The van der Waals surface area contributed by atoms with E-state index >= 15 is 0 Å². The average Bonchev–Trinajstić information content (AvgIpc) is 2.92. The van der Waals surface area contributed by atoms with E-state index in [9.17, 15) is 5.11 Å². The van der Waals surface area contributed by atoms with E-state index in [-0.39, 0.29) is 16.6 Å². The molecule has 5 heteroatoms. The normalized spacial score (nSPS) is 13.7. The van der Waals surface area contributed by atoms with Gasteiger partial charge in [-0.25, -0.2) is 0 Å². The molecule has 0 unspecified atom stereocenters. The van der Waals surface area contributed by atoms with E-state index in [4.69, 9.17) is 16.6 Å². The van der Waals surface area contributed by atoms with Gasteiger partial charge in [0.05, 0.1) is 17.1 Å². The molecule has 1 aromatic rings. The van der Waals surface area contributed by atoms with E-state index in [1.165, 1.54) is 82.6 Å². The third-order valence-corrected chi connectivity index (χ3v) is 9.30. The van der Waals surface area contributed by atoms with Crippen LogP contribution in [0.25, 0.3) is 0 Å². The van der Waals surface area contributed by atoms with Crippen molar-refractivity contribution in [3.8, 4) is 5.75 Å². The van der Waals surface area contributed by atoms with Crippen molar-refractivity contribution in [2.45, 2.75) is 149 Å². The van der Waals surface area contributed by atoms with Gasteiger partial charge in [-0.05, 0) is 65.7 Å². The molecule has 0 amide bonds. The molecule has 0 aromatic heterocycles. The van der Waals surface area contributed by atoms with Gasteiger partial charge >= 0.3 is 0 Å². The molecule has 0 radical (unpaired) electrons. The Kier molecular flexibility index (Phi) is 17.4. The van der Waals surface area contributed by atoms with E-state index < -0.39 is 0 Å². The Hall–Kier alpha value is -2.01. The molecule has 232 valence electrons. The Balaban J connectivity index is 0.000000435. The van der Waals surface area contributed by atoms with Gasteiger partial charge in [-0.1, -0.05) is 125 Å². The number of hydrogen-bond donors (Lipinski definition) is 4. The van der Waals surface area contributed by atoms with Crippen LogP contribution < -0.4 is 5.73 Å². The van der Waals surface area contributed by atoms with Gasteiger partial charge in [-0.2, -0.15) is 0 Å². The van der Waals surface area contributed by atoms with Crippen molar-refractivity contribution in [1.29, 1.82) is 10.8 Å². The van der Waals surface area contributed by atoms with E-state index in [1.54, 1.807) is 23.9 Å². The van der Waals surface area contributed by atoms with Gasteiger partial charge in [-0.3, -0.25) is 10.8 Å². The summed E-state index contributed by atoms with van der Waals surface area (Å²) in [5.41, 5.74) is 9.65. The summed E-state index contributed by atoms with van der Waals surface area (Å²) in [7, 11) is 0. The van der Waals surface area contributed by atoms with Crippen LogP contribution in [0.2, 0.25) is 0 Å². The zero-order valence-corrected chi connectivity index (χ0v) is 28.2. The molecule has 1 aromatic carbocycles. The summed E-state index contributed by atoms with van der Waals surface area (Å²) in [4.78, 5) is 1.12. The summed E-state index contributed by atoms with van der Waals surface area (Å²) in [6, 6.07) is 4.19. The number of nitrogens with one attached hydrogen (secondary N) is 2. The number of rotatable bonds is 18. The third kappa shape index (κ3) is 13.7. The van der Waals surface area contributed by atoms with Crippen molar-refractivity contribution < 1.29 is 5.11 Å². The number of thioether (sulfide) groups is 1. The van der Waals surface area contributed by atoms with Crippen molar-refractivity contribution >= 4 is 28.9 Å². The molecule has 5 N–H and O–H groups in total. The third-order valence-electron chi connectivity index (χ3n) is 8.22. The van der Waals surface area contributed by atoms with Crippen molar-refractivity contribution in [3.63, 3.8) is 0 Å². The predicted octanol–water partition coefficient (Wildman–Crippen LogP) is 11.3. The Bertz CT molecular complexity index is 1010. The standard InChI is InChI=1S/C22H39NO.C14H22N2S/c1-7-9-11-13-21(3,4)17-15-18(20(24)19(23)16-17)22(5,6)14-12-10-8-2;1-2-3-4-5-6-7-10-17-12-8-9-13(15)14(16)11-12/h15-16,24H,7-14,23H2,1-6H3;8-9,11,15-16H,2-7,10H2,1H3. The highest BCUT2D eigenvalue weighted by atomic mass is 32.2. The second-order valence-corrected chi connectivity index (χ2v) is 14.1. The van der Waals surface area contributed by atoms with Gasteiger partial charge in [0.25, 0.3) is 0 Å². The van der Waals surface area contributed by atoms with Crippen LogP contribution in [0.15, 0.2) is 35.3 Å². The maximum absolute atomic E-state index is 10.6. The lowest BCUT2D eigenvalue weighted by Crippen LogP contribution is -2.22. The molecule has 0 atom stereocenters. The lowest BCUT2D eigenvalue weighted by atomic mass is 9.74. The molecule has 0 saturated heterocycles. The van der Waals surface area contributed by atoms with Crippen LogP contribution in [0.4, 0.5) is 5.69 Å². The fourth-order valence-corrected chi connectivity index (χ4v) is 6.11. The lowest BCUT2D eigenvalue weighted by Gasteiger charge is -2.31. The molecular weight excluding hydrogens is 522 g/mol. The summed E-state index contributed by atoms with van der Waals surface area (Å²) < 4.78 is 0. The van der Waals surface area contributed by atoms with Gasteiger partial charge in [0, 0.05) is 10.5 Å². The Morgan fingerprint density at radius 1 is 0.707 bits per heavy atom. The van der Waals surface area contributed by atoms with Crippen LogP contribution in [0, 0.1) is 10.8 Å². The van der Waals surface area contributed by atoms with Crippen LogP contribution in [-0.4, -0.2) is 22.3 Å². The molecule has 0 spiro atoms. The molecular formula is C36H61N3OS. The molecule has 2 rings (SSSR count). The van der Waals surface area contributed by atoms with Crippen molar-refractivity contribution in [1.82, 2.24) is 0 Å². The molecule has 0 aliphatic heterocycles. The summed E-state index contributed by atoms with van der Waals surface area (Å²) in [5.74, 6) is 1.41. The highest BCUT2D eigenvalue weighted by molar-refractivity contribution is 8.03. The first-order valence-corrected chi connectivity index (χ1v) is 17.2. The molecule has 4 nitrogen and oxygen atoms in total. The highest BCUT2D eigenvalue weighted by Gasteiger charge is 2.29. The first-order chi connectivity index (χ1) is 19.4. The van der Waals surface area contributed by atoms with Crippen molar-refractivity contribution in [3.05, 3.63) is 46.4 Å². The number of hydrogen-bond acceptors (Lipinski definition) is 5. The fraction of sp³-hybridized carbons (Fsp3) is 0.667. The SMILES string of the molecule is CCCCCC(C)(C)c1cc(N)c(O)c(C(C)(C)CCCCC)c1.CCCCCCCCSC1=CC(=N)C(=N)C=C1. The quantitative estimate of drug-likeness (QED) is 0.0599. The maximum atomic E-state index is 10.6. The number of benzene rings is 1. The number of aromatic hydroxyl groups is 1. The number of phenolic OH excluding ortho intramolecular Hbond substituents is 1.